The van der Waals surface area contributed by atoms with Gasteiger partial charge in [-0.05, 0) is 13.8 Å². The summed E-state index contributed by atoms with van der Waals surface area (Å²) in [6, 6.07) is 0. The molecule has 0 heterocycles. The molecule has 0 amide bonds. The molecular formula is C9H20NO4+. The number of ether oxygens (including phenoxy) is 2. The van der Waals surface area contributed by atoms with E-state index in [-0.39, 0.29) is 6.54 Å². The molecule has 84 valence electrons. The number of rotatable bonds is 7. The second kappa shape index (κ2) is 12.1. The van der Waals surface area contributed by atoms with Crippen LogP contribution in [0.5, 0.6) is 0 Å². The van der Waals surface area contributed by atoms with Gasteiger partial charge in [0.25, 0.3) is 6.54 Å². The van der Waals surface area contributed by atoms with E-state index < -0.39 is 6.29 Å². The van der Waals surface area contributed by atoms with Crippen molar-refractivity contribution in [1.29, 1.82) is 0 Å². The summed E-state index contributed by atoms with van der Waals surface area (Å²) in [5.74, 6) is 0. The minimum Gasteiger partial charge on any atom is -0.347 e. The van der Waals surface area contributed by atoms with E-state index >= 15 is 0 Å². The fourth-order valence-corrected chi connectivity index (χ4v) is 0.722. The summed E-state index contributed by atoms with van der Waals surface area (Å²) in [7, 11) is 1.31. The SMILES string of the molecule is C=C.CCOC(C[N+](=O)OC)OCC. The van der Waals surface area contributed by atoms with Crippen LogP contribution in [0.2, 0.25) is 0 Å². The van der Waals surface area contributed by atoms with Crippen LogP contribution in [0.25, 0.3) is 0 Å². The normalized spacial score (nSPS) is 9.14. The molecule has 0 spiro atoms. The zero-order chi connectivity index (χ0) is 11.4. The Kier molecular flexibility index (Phi) is 13.4. The third-order valence-corrected chi connectivity index (χ3v) is 1.21. The first kappa shape index (κ1) is 15.5. The summed E-state index contributed by atoms with van der Waals surface area (Å²) in [4.78, 5) is 15.5. The molecule has 0 unspecified atom stereocenters. The third-order valence-electron chi connectivity index (χ3n) is 1.21. The molecule has 0 saturated carbocycles. The predicted octanol–water partition coefficient (Wildman–Crippen LogP) is 1.53. The van der Waals surface area contributed by atoms with Gasteiger partial charge in [0.15, 0.2) is 7.11 Å². The molecule has 0 aliphatic heterocycles. The maximum atomic E-state index is 10.7. The smallest absolute Gasteiger partial charge is 0.298 e. The molecule has 0 radical (unpaired) electrons. The monoisotopic (exact) mass is 206 g/mol. The van der Waals surface area contributed by atoms with Crippen LogP contribution in [0.15, 0.2) is 13.2 Å². The van der Waals surface area contributed by atoms with Crippen molar-refractivity contribution in [3.8, 4) is 0 Å². The highest BCUT2D eigenvalue weighted by Crippen LogP contribution is 1.95. The summed E-state index contributed by atoms with van der Waals surface area (Å²) in [5, 5.41) is 0. The summed E-state index contributed by atoms with van der Waals surface area (Å²) in [6.45, 7) is 10.8. The Bertz CT molecular complexity index is 135. The van der Waals surface area contributed by atoms with Gasteiger partial charge in [0.05, 0.1) is 4.91 Å². The summed E-state index contributed by atoms with van der Waals surface area (Å²) in [5.41, 5.74) is 0. The Morgan fingerprint density at radius 1 is 1.21 bits per heavy atom. The molecule has 0 aliphatic rings. The van der Waals surface area contributed by atoms with Gasteiger partial charge in [-0.2, -0.15) is 0 Å². The van der Waals surface area contributed by atoms with E-state index in [9.17, 15) is 4.91 Å². The van der Waals surface area contributed by atoms with Gasteiger partial charge >= 0.3 is 0 Å². The molecule has 5 heteroatoms. The van der Waals surface area contributed by atoms with Gasteiger partial charge < -0.3 is 9.47 Å². The molecular weight excluding hydrogens is 186 g/mol. The van der Waals surface area contributed by atoms with Crippen LogP contribution < -0.4 is 0 Å². The first-order valence-corrected chi connectivity index (χ1v) is 4.46. The van der Waals surface area contributed by atoms with Gasteiger partial charge in [-0.25, -0.2) is 4.84 Å². The summed E-state index contributed by atoms with van der Waals surface area (Å²) >= 11 is 0. The average Bonchev–Trinajstić information content (AvgIpc) is 2.21. The lowest BCUT2D eigenvalue weighted by Crippen LogP contribution is -2.28. The summed E-state index contributed by atoms with van der Waals surface area (Å²) < 4.78 is 10.2. The van der Waals surface area contributed by atoms with Gasteiger partial charge in [0, 0.05) is 13.2 Å². The molecule has 0 bridgehead atoms. The van der Waals surface area contributed by atoms with Crippen molar-refractivity contribution in [2.45, 2.75) is 20.1 Å². The molecule has 0 rings (SSSR count). The minimum atomic E-state index is -0.502. The highest BCUT2D eigenvalue weighted by Gasteiger charge is 2.20. The molecule has 0 fully saturated rings. The maximum absolute atomic E-state index is 10.7. The standard InChI is InChI=1S/C7H16NO4.C2H4/c1-4-11-7(12-5-2)6-8(9)10-3;1-2/h7H,4-6H2,1-3H3;1-2H2/q+1;. The lowest BCUT2D eigenvalue weighted by atomic mass is 10.6. The maximum Gasteiger partial charge on any atom is 0.298 e. The minimum absolute atomic E-state index is 0.0676. The van der Waals surface area contributed by atoms with Crippen LogP contribution in [0.3, 0.4) is 0 Å². The molecule has 0 saturated heterocycles. The lowest BCUT2D eigenvalue weighted by molar-refractivity contribution is -0.802. The van der Waals surface area contributed by atoms with E-state index in [1.54, 1.807) is 0 Å². The number of hydrogen-bond donors (Lipinski definition) is 0. The van der Waals surface area contributed by atoms with Crippen molar-refractivity contribution in [2.24, 2.45) is 0 Å². The number of nitrogens with zero attached hydrogens (tertiary/aromatic N) is 1. The second-order valence-corrected chi connectivity index (χ2v) is 2.04. The quantitative estimate of drug-likeness (QED) is 0.360. The average molecular weight is 206 g/mol. The van der Waals surface area contributed by atoms with Gasteiger partial charge in [-0.3, -0.25) is 0 Å². The fraction of sp³-hybridized carbons (Fsp3) is 0.778. The first-order chi connectivity index (χ1) is 6.74. The van der Waals surface area contributed by atoms with E-state index in [2.05, 4.69) is 18.0 Å². The molecule has 0 aliphatic carbocycles. The lowest BCUT2D eigenvalue weighted by Gasteiger charge is -2.10. The van der Waals surface area contributed by atoms with Crippen molar-refractivity contribution in [3.63, 3.8) is 0 Å². The van der Waals surface area contributed by atoms with E-state index in [1.807, 2.05) is 13.8 Å². The van der Waals surface area contributed by atoms with E-state index in [4.69, 9.17) is 9.47 Å². The van der Waals surface area contributed by atoms with E-state index in [1.165, 1.54) is 7.11 Å². The van der Waals surface area contributed by atoms with Gasteiger partial charge in [-0.15, -0.1) is 13.2 Å². The van der Waals surface area contributed by atoms with Crippen LogP contribution in [0.1, 0.15) is 13.8 Å². The molecule has 0 N–H and O–H groups in total. The van der Waals surface area contributed by atoms with Crippen molar-refractivity contribution in [1.82, 2.24) is 0 Å². The number of hydrogen-bond acceptors (Lipinski definition) is 4. The van der Waals surface area contributed by atoms with E-state index in [0.717, 1.165) is 0 Å². The molecule has 5 nitrogen and oxygen atoms in total. The first-order valence-electron chi connectivity index (χ1n) is 4.46. The van der Waals surface area contributed by atoms with Crippen molar-refractivity contribution in [2.75, 3.05) is 26.9 Å². The topological polar surface area (TPSA) is 47.8 Å². The molecule has 14 heavy (non-hydrogen) atoms. The van der Waals surface area contributed by atoms with Crippen LogP contribution in [0, 0.1) is 4.91 Å². The Hall–Kier alpha value is -0.940. The van der Waals surface area contributed by atoms with Gasteiger partial charge in [0.1, 0.15) is 0 Å². The zero-order valence-corrected chi connectivity index (χ0v) is 9.19. The molecule has 0 aromatic carbocycles. The summed E-state index contributed by atoms with van der Waals surface area (Å²) in [6.07, 6.45) is -0.502. The molecule has 0 aromatic rings. The fourth-order valence-electron chi connectivity index (χ4n) is 0.722. The highest BCUT2D eigenvalue weighted by atomic mass is 16.8. The van der Waals surface area contributed by atoms with Crippen molar-refractivity contribution < 1.29 is 19.2 Å². The van der Waals surface area contributed by atoms with Gasteiger partial charge in [0.2, 0.25) is 11.2 Å². The Balaban J connectivity index is 0. The third kappa shape index (κ3) is 9.15. The van der Waals surface area contributed by atoms with Crippen LogP contribution in [-0.4, -0.2) is 38.1 Å². The van der Waals surface area contributed by atoms with Crippen molar-refractivity contribution >= 4 is 0 Å². The van der Waals surface area contributed by atoms with E-state index in [0.29, 0.717) is 18.1 Å². The van der Waals surface area contributed by atoms with Gasteiger partial charge in [-0.1, -0.05) is 0 Å². The zero-order valence-electron chi connectivity index (χ0n) is 9.19. The van der Waals surface area contributed by atoms with Crippen molar-refractivity contribution in [3.05, 3.63) is 18.1 Å². The van der Waals surface area contributed by atoms with Crippen LogP contribution in [0.4, 0.5) is 0 Å². The largest absolute Gasteiger partial charge is 0.347 e. The predicted molar refractivity (Wildman–Crippen MR) is 53.8 cm³/mol. The Morgan fingerprint density at radius 2 is 1.64 bits per heavy atom. The van der Waals surface area contributed by atoms with Crippen LogP contribution >= 0.6 is 0 Å². The second-order valence-electron chi connectivity index (χ2n) is 2.04. The molecule has 0 aromatic heterocycles. The van der Waals surface area contributed by atoms with Crippen LogP contribution in [-0.2, 0) is 14.3 Å². The Morgan fingerprint density at radius 3 is 1.93 bits per heavy atom. The highest BCUT2D eigenvalue weighted by molar-refractivity contribution is 4.36. The Labute approximate surface area is 85.2 Å². The molecule has 0 atom stereocenters.